The van der Waals surface area contributed by atoms with E-state index >= 15 is 0 Å². The Labute approximate surface area is 135 Å². The lowest BCUT2D eigenvalue weighted by molar-refractivity contribution is -0.385. The highest BCUT2D eigenvalue weighted by Crippen LogP contribution is 2.17. The van der Waals surface area contributed by atoms with Gasteiger partial charge in [-0.2, -0.15) is 0 Å². The molecular weight excluding hydrogens is 310 g/mol. The predicted octanol–water partition coefficient (Wildman–Crippen LogP) is 1.05. The molecule has 1 saturated heterocycles. The molecule has 22 heavy (non-hydrogen) atoms. The zero-order chi connectivity index (χ0) is 15.2. The molecule has 0 radical (unpaired) electrons. The van der Waals surface area contributed by atoms with E-state index in [1.807, 2.05) is 6.92 Å². The highest BCUT2D eigenvalue weighted by Gasteiger charge is 2.27. The Morgan fingerprint density at radius 3 is 2.91 bits per heavy atom. The topological polar surface area (TPSA) is 93.5 Å². The summed E-state index contributed by atoms with van der Waals surface area (Å²) in [5.74, 6) is -0.138. The maximum absolute atomic E-state index is 12.0. The molecule has 1 aromatic rings. The number of ether oxygens (including phenoxy) is 1. The van der Waals surface area contributed by atoms with Crippen LogP contribution in [0.2, 0.25) is 0 Å². The number of hydrogen-bond acceptors (Lipinski definition) is 5. The standard InChI is InChI=1S/C14H19N3O4.ClH/c1-10-13(15-8-9-21-10)14(18)16-7-6-11-4-2-3-5-12(11)17(19)20;/h2-5,10,13,15H,6-9H2,1H3,(H,16,18);1H/t10-,13+;/m1./s1. The molecule has 1 aromatic carbocycles. The van der Waals surface area contributed by atoms with Gasteiger partial charge in [-0.15, -0.1) is 12.4 Å². The molecule has 0 spiro atoms. The molecule has 1 aliphatic rings. The minimum absolute atomic E-state index is 0. The fraction of sp³-hybridized carbons (Fsp3) is 0.500. The Kier molecular flexibility index (Phi) is 7.23. The van der Waals surface area contributed by atoms with Crippen molar-refractivity contribution < 1.29 is 14.5 Å². The average molecular weight is 330 g/mol. The summed E-state index contributed by atoms with van der Waals surface area (Å²) in [6.07, 6.45) is 0.245. The number of nitrogens with one attached hydrogen (secondary N) is 2. The molecule has 0 aliphatic carbocycles. The number of nitro benzene ring substituents is 1. The Hall–Kier alpha value is -1.70. The fourth-order valence-electron chi connectivity index (χ4n) is 2.36. The third kappa shape index (κ3) is 4.66. The van der Waals surface area contributed by atoms with Gasteiger partial charge in [-0.05, 0) is 13.3 Å². The van der Waals surface area contributed by atoms with Crippen LogP contribution in [0.4, 0.5) is 5.69 Å². The highest BCUT2D eigenvalue weighted by molar-refractivity contribution is 5.85. The molecule has 0 saturated carbocycles. The SMILES string of the molecule is C[C@H]1OCCN[C@@H]1C(=O)NCCc1ccccc1[N+](=O)[O-].Cl. The lowest BCUT2D eigenvalue weighted by atomic mass is 10.1. The Morgan fingerprint density at radius 1 is 1.50 bits per heavy atom. The van der Waals surface area contributed by atoms with Crippen LogP contribution in [-0.2, 0) is 16.0 Å². The van der Waals surface area contributed by atoms with Crippen molar-refractivity contribution in [3.63, 3.8) is 0 Å². The van der Waals surface area contributed by atoms with Crippen LogP contribution in [0.25, 0.3) is 0 Å². The number of rotatable bonds is 5. The monoisotopic (exact) mass is 329 g/mol. The number of benzene rings is 1. The van der Waals surface area contributed by atoms with E-state index in [9.17, 15) is 14.9 Å². The van der Waals surface area contributed by atoms with Crippen molar-refractivity contribution in [2.24, 2.45) is 0 Å². The first-order chi connectivity index (χ1) is 10.1. The van der Waals surface area contributed by atoms with Crippen LogP contribution in [0.3, 0.4) is 0 Å². The second-order valence-electron chi connectivity index (χ2n) is 4.93. The largest absolute Gasteiger partial charge is 0.375 e. The molecule has 1 amide bonds. The lowest BCUT2D eigenvalue weighted by Crippen LogP contribution is -2.55. The zero-order valence-corrected chi connectivity index (χ0v) is 13.1. The van der Waals surface area contributed by atoms with Gasteiger partial charge >= 0.3 is 0 Å². The fourth-order valence-corrected chi connectivity index (χ4v) is 2.36. The molecule has 0 bridgehead atoms. The van der Waals surface area contributed by atoms with Crippen molar-refractivity contribution in [1.29, 1.82) is 0 Å². The number of hydrogen-bond donors (Lipinski definition) is 2. The third-order valence-electron chi connectivity index (χ3n) is 3.48. The van der Waals surface area contributed by atoms with Crippen molar-refractivity contribution >= 4 is 24.0 Å². The number of carbonyl (C=O) groups excluding carboxylic acids is 1. The summed E-state index contributed by atoms with van der Waals surface area (Å²) in [6.45, 7) is 3.45. The lowest BCUT2D eigenvalue weighted by Gasteiger charge is -2.29. The molecule has 2 rings (SSSR count). The van der Waals surface area contributed by atoms with Gasteiger partial charge in [-0.3, -0.25) is 14.9 Å². The summed E-state index contributed by atoms with van der Waals surface area (Å²) >= 11 is 0. The van der Waals surface area contributed by atoms with Gasteiger partial charge in [0.25, 0.3) is 5.69 Å². The first kappa shape index (κ1) is 18.3. The number of carbonyl (C=O) groups is 1. The van der Waals surface area contributed by atoms with Gasteiger partial charge in [0.15, 0.2) is 0 Å². The van der Waals surface area contributed by atoms with E-state index in [0.717, 1.165) is 0 Å². The van der Waals surface area contributed by atoms with Crippen LogP contribution in [0.15, 0.2) is 24.3 Å². The number of halogens is 1. The first-order valence-electron chi connectivity index (χ1n) is 6.94. The van der Waals surface area contributed by atoms with E-state index in [1.165, 1.54) is 6.07 Å². The summed E-state index contributed by atoms with van der Waals surface area (Å²) in [7, 11) is 0. The quantitative estimate of drug-likeness (QED) is 0.622. The van der Waals surface area contributed by atoms with Crippen molar-refractivity contribution in [3.05, 3.63) is 39.9 Å². The molecule has 2 atom stereocenters. The minimum atomic E-state index is -0.407. The first-order valence-corrected chi connectivity index (χ1v) is 6.94. The Bertz CT molecular complexity index is 527. The zero-order valence-electron chi connectivity index (χ0n) is 12.3. The minimum Gasteiger partial charge on any atom is -0.375 e. The van der Waals surface area contributed by atoms with Gasteiger partial charge in [0.05, 0.1) is 17.6 Å². The van der Waals surface area contributed by atoms with Crippen LogP contribution in [0.1, 0.15) is 12.5 Å². The molecule has 1 aliphatic heterocycles. The van der Waals surface area contributed by atoms with E-state index in [2.05, 4.69) is 10.6 Å². The van der Waals surface area contributed by atoms with E-state index < -0.39 is 4.92 Å². The second-order valence-corrected chi connectivity index (χ2v) is 4.93. The predicted molar refractivity (Wildman–Crippen MR) is 84.3 cm³/mol. The summed E-state index contributed by atoms with van der Waals surface area (Å²) in [6, 6.07) is 6.18. The molecule has 0 unspecified atom stereocenters. The molecular formula is C14H20ClN3O4. The van der Waals surface area contributed by atoms with Gasteiger partial charge < -0.3 is 15.4 Å². The van der Waals surface area contributed by atoms with Crippen LogP contribution < -0.4 is 10.6 Å². The van der Waals surface area contributed by atoms with Crippen molar-refractivity contribution in [2.75, 3.05) is 19.7 Å². The van der Waals surface area contributed by atoms with E-state index in [4.69, 9.17) is 4.74 Å². The maximum Gasteiger partial charge on any atom is 0.272 e. The molecule has 122 valence electrons. The molecule has 7 nitrogen and oxygen atoms in total. The number of morpholine rings is 1. The summed E-state index contributed by atoms with van der Waals surface area (Å²) < 4.78 is 5.41. The summed E-state index contributed by atoms with van der Waals surface area (Å²) in [5, 5.41) is 16.8. The van der Waals surface area contributed by atoms with E-state index in [1.54, 1.807) is 18.2 Å². The van der Waals surface area contributed by atoms with Crippen LogP contribution in [0.5, 0.6) is 0 Å². The van der Waals surface area contributed by atoms with Gasteiger partial charge in [0.1, 0.15) is 6.04 Å². The van der Waals surface area contributed by atoms with Gasteiger partial charge in [0.2, 0.25) is 5.91 Å². The van der Waals surface area contributed by atoms with Crippen LogP contribution in [-0.4, -0.2) is 42.7 Å². The summed E-state index contributed by atoms with van der Waals surface area (Å²) in [4.78, 5) is 22.5. The van der Waals surface area contributed by atoms with Crippen molar-refractivity contribution in [3.8, 4) is 0 Å². The van der Waals surface area contributed by atoms with Gasteiger partial charge in [-0.1, -0.05) is 18.2 Å². The van der Waals surface area contributed by atoms with Crippen LogP contribution in [0, 0.1) is 10.1 Å². The molecule has 2 N–H and O–H groups in total. The molecule has 0 aromatic heterocycles. The number of para-hydroxylation sites is 1. The molecule has 8 heteroatoms. The number of amides is 1. The normalized spacial score (nSPS) is 20.8. The smallest absolute Gasteiger partial charge is 0.272 e. The van der Waals surface area contributed by atoms with Crippen LogP contribution >= 0.6 is 12.4 Å². The van der Waals surface area contributed by atoms with E-state index in [-0.39, 0.29) is 36.1 Å². The van der Waals surface area contributed by atoms with Gasteiger partial charge in [-0.25, -0.2) is 0 Å². The summed E-state index contributed by atoms with van der Waals surface area (Å²) in [5.41, 5.74) is 0.697. The Balaban J connectivity index is 0.00000242. The second kappa shape index (κ2) is 8.67. The average Bonchev–Trinajstić information content (AvgIpc) is 2.48. The van der Waals surface area contributed by atoms with Crippen molar-refractivity contribution in [2.45, 2.75) is 25.5 Å². The number of nitro groups is 1. The van der Waals surface area contributed by atoms with E-state index in [0.29, 0.717) is 31.7 Å². The van der Waals surface area contributed by atoms with Gasteiger partial charge in [0, 0.05) is 24.7 Å². The van der Waals surface area contributed by atoms with Crippen molar-refractivity contribution in [1.82, 2.24) is 10.6 Å². The highest BCUT2D eigenvalue weighted by atomic mass is 35.5. The third-order valence-corrected chi connectivity index (χ3v) is 3.48. The Morgan fingerprint density at radius 2 is 2.23 bits per heavy atom. The molecule has 1 fully saturated rings. The molecule has 1 heterocycles. The maximum atomic E-state index is 12.0. The number of nitrogens with zero attached hydrogens (tertiary/aromatic N) is 1.